The first-order chi connectivity index (χ1) is 13.3. The Morgan fingerprint density at radius 2 is 2.04 bits per heavy atom. The fourth-order valence-electron chi connectivity index (χ4n) is 3.22. The van der Waals surface area contributed by atoms with E-state index in [-0.39, 0.29) is 11.3 Å². The van der Waals surface area contributed by atoms with Gasteiger partial charge in [-0.25, -0.2) is 4.98 Å². The van der Waals surface area contributed by atoms with E-state index in [1.54, 1.807) is 17.8 Å². The molecule has 0 aliphatic carbocycles. The van der Waals surface area contributed by atoms with Gasteiger partial charge in [-0.1, -0.05) is 32.4 Å². The molecule has 1 aliphatic rings. The number of hydrogen-bond donors (Lipinski definition) is 0. The summed E-state index contributed by atoms with van der Waals surface area (Å²) in [4.78, 5) is 22.7. The van der Waals surface area contributed by atoms with Gasteiger partial charge < -0.3 is 9.32 Å². The molecular formula is C21H28ClN3O2S. The molecule has 5 nitrogen and oxygen atoms in total. The minimum Gasteiger partial charge on any atom is -0.444 e. The van der Waals surface area contributed by atoms with Gasteiger partial charge >= 0.3 is 0 Å². The van der Waals surface area contributed by atoms with Crippen LogP contribution in [-0.2, 0) is 12.0 Å². The van der Waals surface area contributed by atoms with Gasteiger partial charge in [0.2, 0.25) is 5.89 Å². The molecule has 1 aromatic heterocycles. The van der Waals surface area contributed by atoms with Crippen molar-refractivity contribution in [3.8, 4) is 0 Å². The number of rotatable bonds is 4. The SMILES string of the molecule is CSc1ccc(Cl)c(C(=O)N2CCCN(Cc3ncc(C(C)(C)C)o3)CC2)c1. The predicted molar refractivity (Wildman–Crippen MR) is 114 cm³/mol. The zero-order valence-electron chi connectivity index (χ0n) is 17.0. The molecule has 2 aromatic rings. The van der Waals surface area contributed by atoms with E-state index in [1.807, 2.05) is 29.5 Å². The molecular weight excluding hydrogens is 394 g/mol. The summed E-state index contributed by atoms with van der Waals surface area (Å²) in [5.41, 5.74) is 0.544. The predicted octanol–water partition coefficient (Wildman–Crippen LogP) is 4.70. The Morgan fingerprint density at radius 3 is 2.71 bits per heavy atom. The first-order valence-corrected chi connectivity index (χ1v) is 11.2. The Morgan fingerprint density at radius 1 is 1.25 bits per heavy atom. The van der Waals surface area contributed by atoms with E-state index < -0.39 is 0 Å². The Balaban J connectivity index is 1.63. The lowest BCUT2D eigenvalue weighted by Crippen LogP contribution is -2.35. The third kappa shape index (κ3) is 5.10. The summed E-state index contributed by atoms with van der Waals surface area (Å²) in [6.45, 7) is 10.1. The normalized spacial score (nSPS) is 16.2. The van der Waals surface area contributed by atoms with Crippen LogP contribution in [0.4, 0.5) is 0 Å². The third-order valence-corrected chi connectivity index (χ3v) is 5.99. The molecule has 28 heavy (non-hydrogen) atoms. The average molecular weight is 422 g/mol. The van der Waals surface area contributed by atoms with Crippen molar-refractivity contribution in [1.82, 2.24) is 14.8 Å². The van der Waals surface area contributed by atoms with Crippen LogP contribution in [0.3, 0.4) is 0 Å². The van der Waals surface area contributed by atoms with Gasteiger partial charge in [-0.3, -0.25) is 9.69 Å². The van der Waals surface area contributed by atoms with Crippen molar-refractivity contribution < 1.29 is 9.21 Å². The van der Waals surface area contributed by atoms with Gasteiger partial charge in [-0.15, -0.1) is 11.8 Å². The second-order valence-electron chi connectivity index (χ2n) is 8.14. The van der Waals surface area contributed by atoms with Crippen LogP contribution in [-0.4, -0.2) is 53.1 Å². The van der Waals surface area contributed by atoms with Crippen molar-refractivity contribution in [2.24, 2.45) is 0 Å². The van der Waals surface area contributed by atoms with Gasteiger partial charge in [0.1, 0.15) is 5.76 Å². The van der Waals surface area contributed by atoms with Gasteiger partial charge in [-0.2, -0.15) is 0 Å². The van der Waals surface area contributed by atoms with Crippen LogP contribution in [0.1, 0.15) is 49.2 Å². The van der Waals surface area contributed by atoms with Crippen molar-refractivity contribution >= 4 is 29.3 Å². The second-order valence-corrected chi connectivity index (χ2v) is 9.42. The summed E-state index contributed by atoms with van der Waals surface area (Å²) in [6.07, 6.45) is 4.73. The molecule has 1 aliphatic heterocycles. The number of carbonyl (C=O) groups excluding carboxylic acids is 1. The summed E-state index contributed by atoms with van der Waals surface area (Å²) in [5.74, 6) is 1.65. The van der Waals surface area contributed by atoms with Gasteiger partial charge in [0.05, 0.1) is 23.3 Å². The quantitative estimate of drug-likeness (QED) is 0.670. The number of nitrogens with zero attached hydrogens (tertiary/aromatic N) is 3. The molecule has 1 fully saturated rings. The summed E-state index contributed by atoms with van der Waals surface area (Å²) in [5, 5.41) is 0.512. The minimum atomic E-state index is -0.0438. The maximum atomic E-state index is 13.0. The number of carbonyl (C=O) groups is 1. The summed E-state index contributed by atoms with van der Waals surface area (Å²) in [7, 11) is 0. The minimum absolute atomic E-state index is 0.00823. The average Bonchev–Trinajstić information content (AvgIpc) is 3.01. The van der Waals surface area contributed by atoms with Gasteiger partial charge in [-0.05, 0) is 30.9 Å². The lowest BCUT2D eigenvalue weighted by molar-refractivity contribution is 0.0760. The van der Waals surface area contributed by atoms with Gasteiger partial charge in [0, 0.05) is 36.5 Å². The van der Waals surface area contributed by atoms with Gasteiger partial charge in [0.25, 0.3) is 5.91 Å². The summed E-state index contributed by atoms with van der Waals surface area (Å²) < 4.78 is 5.92. The van der Waals surface area contributed by atoms with E-state index in [1.165, 1.54) is 0 Å². The van der Waals surface area contributed by atoms with E-state index in [2.05, 4.69) is 30.7 Å². The fraction of sp³-hybridized carbons (Fsp3) is 0.524. The number of oxazole rings is 1. The van der Waals surface area contributed by atoms with Crippen LogP contribution in [0.2, 0.25) is 5.02 Å². The largest absolute Gasteiger partial charge is 0.444 e. The lowest BCUT2D eigenvalue weighted by Gasteiger charge is -2.22. The van der Waals surface area contributed by atoms with E-state index in [9.17, 15) is 4.79 Å². The monoisotopic (exact) mass is 421 g/mol. The molecule has 0 atom stereocenters. The molecule has 0 spiro atoms. The Hall–Kier alpha value is -1.50. The Bertz CT molecular complexity index is 831. The number of halogens is 1. The first-order valence-electron chi connectivity index (χ1n) is 9.58. The van der Waals surface area contributed by atoms with Crippen molar-refractivity contribution in [2.45, 2.75) is 44.0 Å². The Kier molecular flexibility index (Phi) is 6.73. The molecule has 3 rings (SSSR count). The number of benzene rings is 1. The van der Waals surface area contributed by atoms with Crippen LogP contribution < -0.4 is 0 Å². The topological polar surface area (TPSA) is 49.6 Å². The van der Waals surface area contributed by atoms with Crippen LogP contribution in [0.15, 0.2) is 33.7 Å². The number of thioether (sulfide) groups is 1. The molecule has 0 bridgehead atoms. The van der Waals surface area contributed by atoms with Crippen molar-refractivity contribution in [1.29, 1.82) is 0 Å². The fourth-order valence-corrected chi connectivity index (χ4v) is 3.86. The smallest absolute Gasteiger partial charge is 0.255 e. The zero-order valence-corrected chi connectivity index (χ0v) is 18.6. The standard InChI is InChI=1S/C21H28ClN3O2S/c1-21(2,3)18-13-23-19(27-18)14-24-8-5-9-25(11-10-24)20(26)16-12-15(28-4)6-7-17(16)22/h6-7,12-13H,5,8-11,14H2,1-4H3. The van der Waals surface area contributed by atoms with E-state index in [0.29, 0.717) is 23.7 Å². The van der Waals surface area contributed by atoms with Crippen LogP contribution in [0.25, 0.3) is 0 Å². The molecule has 7 heteroatoms. The van der Waals surface area contributed by atoms with E-state index in [4.69, 9.17) is 16.0 Å². The second kappa shape index (κ2) is 8.89. The number of aromatic nitrogens is 1. The van der Waals surface area contributed by atoms with E-state index >= 15 is 0 Å². The first kappa shape index (κ1) is 21.2. The van der Waals surface area contributed by atoms with Crippen LogP contribution in [0, 0.1) is 0 Å². The molecule has 0 unspecified atom stereocenters. The van der Waals surface area contributed by atoms with Gasteiger partial charge in [0.15, 0.2) is 0 Å². The van der Waals surface area contributed by atoms with Crippen LogP contribution in [0.5, 0.6) is 0 Å². The van der Waals surface area contributed by atoms with Crippen LogP contribution >= 0.6 is 23.4 Å². The maximum absolute atomic E-state index is 13.0. The zero-order chi connectivity index (χ0) is 20.3. The molecule has 1 saturated heterocycles. The highest BCUT2D eigenvalue weighted by Gasteiger charge is 2.24. The number of amides is 1. The summed E-state index contributed by atoms with van der Waals surface area (Å²) >= 11 is 7.91. The lowest BCUT2D eigenvalue weighted by atomic mass is 9.94. The van der Waals surface area contributed by atoms with Crippen molar-refractivity contribution in [3.63, 3.8) is 0 Å². The molecule has 1 amide bonds. The molecule has 0 radical (unpaired) electrons. The van der Waals surface area contributed by atoms with Crippen molar-refractivity contribution in [2.75, 3.05) is 32.4 Å². The molecule has 2 heterocycles. The van der Waals surface area contributed by atoms with E-state index in [0.717, 1.165) is 42.6 Å². The highest BCUT2D eigenvalue weighted by Crippen LogP contribution is 2.25. The Labute approximate surface area is 176 Å². The molecule has 0 saturated carbocycles. The summed E-state index contributed by atoms with van der Waals surface area (Å²) in [6, 6.07) is 5.63. The van der Waals surface area contributed by atoms with Crippen molar-refractivity contribution in [3.05, 3.63) is 46.6 Å². The number of hydrogen-bond acceptors (Lipinski definition) is 5. The third-order valence-electron chi connectivity index (χ3n) is 4.93. The highest BCUT2D eigenvalue weighted by molar-refractivity contribution is 7.98. The maximum Gasteiger partial charge on any atom is 0.255 e. The highest BCUT2D eigenvalue weighted by atomic mass is 35.5. The molecule has 152 valence electrons. The molecule has 0 N–H and O–H groups in total. The molecule has 1 aromatic carbocycles.